The van der Waals surface area contributed by atoms with Crippen LogP contribution in [0.2, 0.25) is 0 Å². The van der Waals surface area contributed by atoms with Gasteiger partial charge < -0.3 is 0 Å². The Hall–Kier alpha value is -3.21. The predicted octanol–water partition coefficient (Wildman–Crippen LogP) is 8.72. The number of halogens is 5. The second-order valence-corrected chi connectivity index (χ2v) is 8.61. The summed E-state index contributed by atoms with van der Waals surface area (Å²) in [6, 6.07) is 14.3. The van der Waals surface area contributed by atoms with Crippen LogP contribution in [0, 0.1) is 29.1 Å². The van der Waals surface area contributed by atoms with E-state index in [1.54, 1.807) is 18.2 Å². The Balaban J connectivity index is 1.58. The van der Waals surface area contributed by atoms with E-state index in [1.165, 1.54) is 30.3 Å². The van der Waals surface area contributed by atoms with Gasteiger partial charge in [0.15, 0.2) is 11.6 Å². The van der Waals surface area contributed by atoms with E-state index in [2.05, 4.69) is 6.92 Å². The molecule has 0 heterocycles. The summed E-state index contributed by atoms with van der Waals surface area (Å²) in [5.41, 5.74) is 1.85. The lowest BCUT2D eigenvalue weighted by Gasteiger charge is -2.11. The highest BCUT2D eigenvalue weighted by Gasteiger charge is 2.16. The smallest absolute Gasteiger partial charge is 0.159 e. The quantitative estimate of drug-likeness (QED) is 0.179. The van der Waals surface area contributed by atoms with Crippen molar-refractivity contribution in [3.63, 3.8) is 0 Å². The second-order valence-electron chi connectivity index (χ2n) is 8.61. The third-order valence-electron chi connectivity index (χ3n) is 6.16. The van der Waals surface area contributed by atoms with E-state index in [9.17, 15) is 17.6 Å². The first-order chi connectivity index (χ1) is 16.4. The minimum atomic E-state index is -0.933. The van der Waals surface area contributed by atoms with Crippen molar-refractivity contribution in [3.05, 3.63) is 106 Å². The maximum atomic E-state index is 15.1. The minimum absolute atomic E-state index is 0.121. The second kappa shape index (κ2) is 10.4. The summed E-state index contributed by atoms with van der Waals surface area (Å²) in [6.07, 6.45) is 4.18. The largest absolute Gasteiger partial charge is 0.206 e. The molecule has 0 radical (unpaired) electrons. The standard InChI is InChI=1S/C29H25F5/c1-2-3-4-5-19-15-26(32)28(27(33)16-19)22-11-12-23-21(17-22)10-9-20(29(23)34)8-6-18-7-13-24(30)25(31)14-18/h7,9-17H,2-6,8H2,1H3. The van der Waals surface area contributed by atoms with Crippen LogP contribution in [0.1, 0.15) is 42.9 Å². The normalized spacial score (nSPS) is 11.4. The Morgan fingerprint density at radius 3 is 2.03 bits per heavy atom. The van der Waals surface area contributed by atoms with Crippen molar-refractivity contribution >= 4 is 10.8 Å². The van der Waals surface area contributed by atoms with Crippen LogP contribution in [0.5, 0.6) is 0 Å². The number of benzene rings is 4. The average molecular weight is 469 g/mol. The third-order valence-corrected chi connectivity index (χ3v) is 6.16. The van der Waals surface area contributed by atoms with Gasteiger partial charge in [0.1, 0.15) is 17.5 Å². The highest BCUT2D eigenvalue weighted by Crippen LogP contribution is 2.32. The van der Waals surface area contributed by atoms with Crippen molar-refractivity contribution in [2.45, 2.75) is 45.4 Å². The van der Waals surface area contributed by atoms with E-state index < -0.39 is 29.1 Å². The van der Waals surface area contributed by atoms with Crippen LogP contribution < -0.4 is 0 Å². The summed E-state index contributed by atoms with van der Waals surface area (Å²) in [5, 5.41) is 0.862. The molecule has 0 fully saturated rings. The van der Waals surface area contributed by atoms with Crippen molar-refractivity contribution in [2.75, 3.05) is 0 Å². The fourth-order valence-electron chi connectivity index (χ4n) is 4.28. The van der Waals surface area contributed by atoms with Gasteiger partial charge in [-0.25, -0.2) is 22.0 Å². The number of hydrogen-bond acceptors (Lipinski definition) is 0. The number of aryl methyl sites for hydroxylation is 3. The number of fused-ring (bicyclic) bond motifs is 1. The third kappa shape index (κ3) is 5.14. The maximum Gasteiger partial charge on any atom is 0.159 e. The molecule has 0 bridgehead atoms. The van der Waals surface area contributed by atoms with E-state index in [4.69, 9.17) is 0 Å². The molecular formula is C29H25F5. The molecule has 0 nitrogen and oxygen atoms in total. The molecular weight excluding hydrogens is 443 g/mol. The van der Waals surface area contributed by atoms with Crippen molar-refractivity contribution in [1.29, 1.82) is 0 Å². The first kappa shape index (κ1) is 23.9. The first-order valence-corrected chi connectivity index (χ1v) is 11.5. The molecule has 0 aliphatic rings. The Morgan fingerprint density at radius 1 is 0.588 bits per heavy atom. The Bertz CT molecular complexity index is 1300. The Kier molecular flexibility index (Phi) is 7.30. The molecule has 0 N–H and O–H groups in total. The zero-order valence-electron chi connectivity index (χ0n) is 18.9. The summed E-state index contributed by atoms with van der Waals surface area (Å²) >= 11 is 0. The highest BCUT2D eigenvalue weighted by molar-refractivity contribution is 5.88. The molecule has 0 spiro atoms. The topological polar surface area (TPSA) is 0 Å². The van der Waals surface area contributed by atoms with Gasteiger partial charge in [-0.3, -0.25) is 0 Å². The Labute approximate surface area is 196 Å². The molecule has 0 saturated carbocycles. The lowest BCUT2D eigenvalue weighted by atomic mass is 9.95. The minimum Gasteiger partial charge on any atom is -0.206 e. The van der Waals surface area contributed by atoms with Crippen LogP contribution in [-0.4, -0.2) is 0 Å². The summed E-state index contributed by atoms with van der Waals surface area (Å²) < 4.78 is 71.2. The molecule has 0 unspecified atom stereocenters. The first-order valence-electron chi connectivity index (χ1n) is 11.5. The van der Waals surface area contributed by atoms with Gasteiger partial charge in [-0.15, -0.1) is 0 Å². The van der Waals surface area contributed by atoms with Gasteiger partial charge in [0.05, 0.1) is 5.56 Å². The lowest BCUT2D eigenvalue weighted by molar-refractivity contribution is 0.507. The summed E-state index contributed by atoms with van der Waals surface area (Å²) in [7, 11) is 0. The molecule has 0 aromatic heterocycles. The van der Waals surface area contributed by atoms with Crippen LogP contribution in [0.15, 0.2) is 60.7 Å². The summed E-state index contributed by atoms with van der Waals surface area (Å²) in [5.74, 6) is -3.55. The fraction of sp³-hybridized carbons (Fsp3) is 0.241. The zero-order chi connectivity index (χ0) is 24.2. The van der Waals surface area contributed by atoms with E-state index in [0.717, 1.165) is 31.4 Å². The predicted molar refractivity (Wildman–Crippen MR) is 126 cm³/mol. The maximum absolute atomic E-state index is 15.1. The summed E-state index contributed by atoms with van der Waals surface area (Å²) in [6.45, 7) is 2.07. The Morgan fingerprint density at radius 2 is 1.32 bits per heavy atom. The van der Waals surface area contributed by atoms with Gasteiger partial charge in [0, 0.05) is 5.39 Å². The molecule has 0 aliphatic heterocycles. The van der Waals surface area contributed by atoms with Crippen molar-refractivity contribution in [1.82, 2.24) is 0 Å². The summed E-state index contributed by atoms with van der Waals surface area (Å²) in [4.78, 5) is 0. The van der Waals surface area contributed by atoms with Gasteiger partial charge in [-0.1, -0.05) is 50.1 Å². The highest BCUT2D eigenvalue weighted by atomic mass is 19.2. The SMILES string of the molecule is CCCCCc1cc(F)c(-c2ccc3c(F)c(CCc4ccc(F)c(F)c4)ccc3c2)c(F)c1. The number of unbranched alkanes of at least 4 members (excludes halogenated alkanes) is 2. The van der Waals surface area contributed by atoms with Gasteiger partial charge in [-0.2, -0.15) is 0 Å². The molecule has 34 heavy (non-hydrogen) atoms. The van der Waals surface area contributed by atoms with Crippen molar-refractivity contribution in [2.24, 2.45) is 0 Å². The molecule has 0 amide bonds. The van der Waals surface area contributed by atoms with Crippen LogP contribution in [0.25, 0.3) is 21.9 Å². The molecule has 0 saturated heterocycles. The van der Waals surface area contributed by atoms with Crippen LogP contribution in [0.4, 0.5) is 22.0 Å². The number of rotatable bonds is 8. The van der Waals surface area contributed by atoms with E-state index in [1.807, 2.05) is 0 Å². The van der Waals surface area contributed by atoms with Crippen molar-refractivity contribution < 1.29 is 22.0 Å². The van der Waals surface area contributed by atoms with Gasteiger partial charge in [-0.05, 0) is 83.7 Å². The average Bonchev–Trinajstić information content (AvgIpc) is 2.80. The molecule has 0 atom stereocenters. The molecule has 0 aliphatic carbocycles. The molecule has 5 heteroatoms. The van der Waals surface area contributed by atoms with Gasteiger partial charge in [0.25, 0.3) is 0 Å². The zero-order valence-corrected chi connectivity index (χ0v) is 18.9. The molecule has 4 aromatic rings. The van der Waals surface area contributed by atoms with E-state index in [0.29, 0.717) is 52.3 Å². The van der Waals surface area contributed by atoms with Crippen LogP contribution in [-0.2, 0) is 19.3 Å². The lowest BCUT2D eigenvalue weighted by Crippen LogP contribution is -1.98. The van der Waals surface area contributed by atoms with Crippen LogP contribution >= 0.6 is 0 Å². The monoisotopic (exact) mass is 468 g/mol. The van der Waals surface area contributed by atoms with Gasteiger partial charge >= 0.3 is 0 Å². The molecule has 4 aromatic carbocycles. The van der Waals surface area contributed by atoms with E-state index in [-0.39, 0.29) is 5.56 Å². The van der Waals surface area contributed by atoms with E-state index >= 15 is 4.39 Å². The molecule has 176 valence electrons. The molecule has 4 rings (SSSR count). The van der Waals surface area contributed by atoms with Crippen molar-refractivity contribution in [3.8, 4) is 11.1 Å². The fourth-order valence-corrected chi connectivity index (χ4v) is 4.28. The number of hydrogen-bond donors (Lipinski definition) is 0. The van der Waals surface area contributed by atoms with Gasteiger partial charge in [0.2, 0.25) is 0 Å². The van der Waals surface area contributed by atoms with Crippen LogP contribution in [0.3, 0.4) is 0 Å².